The van der Waals surface area contributed by atoms with Crippen LogP contribution in [0.2, 0.25) is 0 Å². The van der Waals surface area contributed by atoms with Gasteiger partial charge in [0, 0.05) is 32.4 Å². The Hall–Kier alpha value is -2.14. The summed E-state index contributed by atoms with van der Waals surface area (Å²) in [7, 11) is 0. The van der Waals surface area contributed by atoms with Gasteiger partial charge in [0.15, 0.2) is 0 Å². The first kappa shape index (κ1) is 13.8. The van der Waals surface area contributed by atoms with Crippen LogP contribution in [0.3, 0.4) is 0 Å². The number of carbonyl (C=O) groups excluding carboxylic acids is 2. The van der Waals surface area contributed by atoms with E-state index >= 15 is 0 Å². The number of ketones is 1. The van der Waals surface area contributed by atoms with Gasteiger partial charge < -0.3 is 14.5 Å². The molecule has 1 aromatic carbocycles. The third-order valence-corrected chi connectivity index (χ3v) is 3.96. The molecule has 0 amide bonds. The quantitative estimate of drug-likeness (QED) is 0.355. The maximum absolute atomic E-state index is 12.4. The summed E-state index contributed by atoms with van der Waals surface area (Å²) in [6.07, 6.45) is 1.66. The third-order valence-electron chi connectivity index (χ3n) is 3.96. The number of fused-ring (bicyclic) bond motifs is 1. The van der Waals surface area contributed by atoms with E-state index in [1.54, 1.807) is 30.5 Å². The number of ether oxygens (including phenoxy) is 1. The molecule has 110 valence electrons. The van der Waals surface area contributed by atoms with Crippen molar-refractivity contribution < 1.29 is 14.3 Å². The Morgan fingerprint density at radius 1 is 1.14 bits per heavy atom. The van der Waals surface area contributed by atoms with Crippen molar-refractivity contribution in [2.75, 3.05) is 32.7 Å². The highest BCUT2D eigenvalue weighted by Gasteiger charge is 2.31. The first-order valence-electron chi connectivity index (χ1n) is 7.23. The highest BCUT2D eigenvalue weighted by Crippen LogP contribution is 2.27. The summed E-state index contributed by atoms with van der Waals surface area (Å²) >= 11 is 0. The Morgan fingerprint density at radius 2 is 1.86 bits per heavy atom. The first-order valence-corrected chi connectivity index (χ1v) is 7.23. The molecule has 0 spiro atoms. The van der Waals surface area contributed by atoms with Crippen molar-refractivity contribution in [2.45, 2.75) is 6.92 Å². The minimum atomic E-state index is -0.559. The molecule has 0 aliphatic carbocycles. The lowest BCUT2D eigenvalue weighted by Crippen LogP contribution is -2.44. The molecule has 0 saturated carbocycles. The van der Waals surface area contributed by atoms with Gasteiger partial charge >= 0.3 is 5.97 Å². The van der Waals surface area contributed by atoms with Gasteiger partial charge in [-0.3, -0.25) is 4.79 Å². The predicted octanol–water partition coefficient (Wildman–Crippen LogP) is 1.31. The number of nitrogens with zero attached hydrogens (tertiary/aromatic N) is 2. The Balaban J connectivity index is 1.81. The molecule has 0 N–H and O–H groups in total. The van der Waals surface area contributed by atoms with E-state index in [0.717, 1.165) is 32.7 Å². The molecule has 0 atom stereocenters. The lowest BCUT2D eigenvalue weighted by atomic mass is 10.0. The molecule has 5 heteroatoms. The first-order chi connectivity index (χ1) is 10.2. The number of hydrogen-bond acceptors (Lipinski definition) is 5. The summed E-state index contributed by atoms with van der Waals surface area (Å²) in [5.41, 5.74) is 0.578. The van der Waals surface area contributed by atoms with Crippen LogP contribution in [0.5, 0.6) is 5.75 Å². The number of para-hydroxylation sites is 1. The second kappa shape index (κ2) is 5.69. The van der Waals surface area contributed by atoms with Crippen LogP contribution < -0.4 is 4.74 Å². The zero-order chi connectivity index (χ0) is 14.8. The van der Waals surface area contributed by atoms with E-state index in [9.17, 15) is 9.59 Å². The molecule has 1 saturated heterocycles. The Labute approximate surface area is 123 Å². The number of carbonyl (C=O) groups is 2. The molecule has 21 heavy (non-hydrogen) atoms. The number of benzene rings is 1. The maximum Gasteiger partial charge on any atom is 0.349 e. The van der Waals surface area contributed by atoms with Crippen LogP contribution in [0.1, 0.15) is 17.3 Å². The summed E-state index contributed by atoms with van der Waals surface area (Å²) in [5, 5.41) is 0. The lowest BCUT2D eigenvalue weighted by molar-refractivity contribution is -0.130. The van der Waals surface area contributed by atoms with Gasteiger partial charge in [-0.15, -0.1) is 0 Å². The van der Waals surface area contributed by atoms with E-state index in [4.69, 9.17) is 4.74 Å². The molecule has 2 heterocycles. The fourth-order valence-corrected chi connectivity index (χ4v) is 2.64. The third kappa shape index (κ3) is 2.69. The Bertz CT molecular complexity index is 601. The number of piperazine rings is 1. The highest BCUT2D eigenvalue weighted by atomic mass is 16.5. The molecule has 0 aromatic heterocycles. The van der Waals surface area contributed by atoms with Crippen molar-refractivity contribution in [1.29, 1.82) is 0 Å². The molecule has 2 aliphatic heterocycles. The summed E-state index contributed by atoms with van der Waals surface area (Å²) in [6, 6.07) is 6.85. The zero-order valence-electron chi connectivity index (χ0n) is 12.0. The monoisotopic (exact) mass is 286 g/mol. The Morgan fingerprint density at radius 3 is 2.57 bits per heavy atom. The number of Topliss-reactive ketones (excluding diaryl/α,β-unsaturated/α-hetero) is 1. The second-order valence-electron chi connectivity index (χ2n) is 5.23. The molecule has 0 radical (unpaired) electrons. The molecule has 0 unspecified atom stereocenters. The zero-order valence-corrected chi connectivity index (χ0v) is 12.0. The van der Waals surface area contributed by atoms with Gasteiger partial charge in [-0.25, -0.2) is 4.79 Å². The smallest absolute Gasteiger partial charge is 0.349 e. The summed E-state index contributed by atoms with van der Waals surface area (Å²) in [5.74, 6) is -0.461. The molecule has 1 aromatic rings. The van der Waals surface area contributed by atoms with Crippen LogP contribution in [0, 0.1) is 0 Å². The molecular formula is C16H18N2O3. The maximum atomic E-state index is 12.4. The fraction of sp³-hybridized carbons (Fsp3) is 0.375. The molecular weight excluding hydrogens is 268 g/mol. The summed E-state index contributed by atoms with van der Waals surface area (Å²) in [6.45, 7) is 6.69. The van der Waals surface area contributed by atoms with Crippen LogP contribution in [0.15, 0.2) is 36.0 Å². The van der Waals surface area contributed by atoms with Gasteiger partial charge in [0.25, 0.3) is 0 Å². The molecule has 5 nitrogen and oxygen atoms in total. The average molecular weight is 286 g/mol. The lowest BCUT2D eigenvalue weighted by Gasteiger charge is -2.33. The number of hydrogen-bond donors (Lipinski definition) is 0. The van der Waals surface area contributed by atoms with Crippen molar-refractivity contribution in [3.05, 3.63) is 41.6 Å². The summed E-state index contributed by atoms with van der Waals surface area (Å²) in [4.78, 5) is 28.8. The van der Waals surface area contributed by atoms with Gasteiger partial charge in [0.05, 0.1) is 5.56 Å². The van der Waals surface area contributed by atoms with E-state index in [1.807, 2.05) is 4.90 Å². The predicted molar refractivity (Wildman–Crippen MR) is 78.2 cm³/mol. The van der Waals surface area contributed by atoms with Crippen molar-refractivity contribution in [1.82, 2.24) is 9.80 Å². The second-order valence-corrected chi connectivity index (χ2v) is 5.23. The van der Waals surface area contributed by atoms with Crippen LogP contribution >= 0.6 is 0 Å². The van der Waals surface area contributed by atoms with Crippen LogP contribution in [0.25, 0.3) is 0 Å². The van der Waals surface area contributed by atoms with Crippen molar-refractivity contribution >= 4 is 11.8 Å². The minimum Gasteiger partial charge on any atom is -0.422 e. The van der Waals surface area contributed by atoms with E-state index < -0.39 is 5.97 Å². The largest absolute Gasteiger partial charge is 0.422 e. The number of likely N-dealkylation sites (N-methyl/N-ethyl adjacent to an activating group) is 1. The average Bonchev–Trinajstić information content (AvgIpc) is 2.52. The Kier molecular flexibility index (Phi) is 3.75. The van der Waals surface area contributed by atoms with E-state index in [0.29, 0.717) is 11.3 Å². The summed E-state index contributed by atoms with van der Waals surface area (Å²) < 4.78 is 5.23. The normalized spacial score (nSPS) is 21.4. The van der Waals surface area contributed by atoms with Crippen molar-refractivity contribution in [2.24, 2.45) is 0 Å². The van der Waals surface area contributed by atoms with E-state index in [-0.39, 0.29) is 11.4 Å². The number of rotatable bonds is 2. The van der Waals surface area contributed by atoms with Crippen LogP contribution in [-0.2, 0) is 4.79 Å². The van der Waals surface area contributed by atoms with Gasteiger partial charge in [-0.05, 0) is 18.7 Å². The van der Waals surface area contributed by atoms with E-state index in [1.165, 1.54) is 0 Å². The molecule has 2 aliphatic rings. The van der Waals surface area contributed by atoms with Gasteiger partial charge in [0.1, 0.15) is 11.3 Å². The van der Waals surface area contributed by atoms with E-state index in [2.05, 4.69) is 11.8 Å². The topological polar surface area (TPSA) is 49.9 Å². The van der Waals surface area contributed by atoms with Crippen molar-refractivity contribution in [3.8, 4) is 5.75 Å². The fourth-order valence-electron chi connectivity index (χ4n) is 2.64. The van der Waals surface area contributed by atoms with Gasteiger partial charge in [-0.2, -0.15) is 0 Å². The van der Waals surface area contributed by atoms with Crippen LogP contribution in [-0.4, -0.2) is 54.3 Å². The molecule has 0 bridgehead atoms. The molecule has 1 fully saturated rings. The standard InChI is InChI=1S/C16H18N2O3/c1-2-17-7-9-18(10-8-17)11-13-15(19)12-5-3-4-6-14(12)21-16(13)20/h3-6,11H,2,7-10H2,1H3/b13-11-. The minimum absolute atomic E-state index is 0.124. The number of esters is 1. The van der Waals surface area contributed by atoms with Gasteiger partial charge in [0.2, 0.25) is 5.78 Å². The van der Waals surface area contributed by atoms with Crippen molar-refractivity contribution in [3.63, 3.8) is 0 Å². The van der Waals surface area contributed by atoms with Crippen LogP contribution in [0.4, 0.5) is 0 Å². The molecule has 3 rings (SSSR count). The highest BCUT2D eigenvalue weighted by molar-refractivity contribution is 6.27. The van der Waals surface area contributed by atoms with Gasteiger partial charge in [-0.1, -0.05) is 19.1 Å². The SMILES string of the molecule is CCN1CCN(/C=C2\C(=O)Oc3ccccc3C2=O)CC1.